The van der Waals surface area contributed by atoms with Crippen molar-refractivity contribution < 1.29 is 0 Å². The second kappa shape index (κ2) is 7.94. The van der Waals surface area contributed by atoms with Crippen LogP contribution in [0.25, 0.3) is 0 Å². The van der Waals surface area contributed by atoms with Gasteiger partial charge in [0.25, 0.3) is 0 Å². The second-order valence-corrected chi connectivity index (χ2v) is 5.68. The van der Waals surface area contributed by atoms with Gasteiger partial charge in [0.1, 0.15) is 0 Å². The molecule has 0 aliphatic heterocycles. The first-order chi connectivity index (χ1) is 9.51. The van der Waals surface area contributed by atoms with Crippen LogP contribution < -0.4 is 5.32 Å². The van der Waals surface area contributed by atoms with E-state index in [0.29, 0.717) is 5.92 Å². The lowest BCUT2D eigenvalue weighted by Crippen LogP contribution is -2.08. The first kappa shape index (κ1) is 16.6. The number of allylic oxidation sites excluding steroid dienone is 7. The fourth-order valence-electron chi connectivity index (χ4n) is 2.77. The molecule has 0 bridgehead atoms. The first-order valence-electron chi connectivity index (χ1n) is 7.61. The molecular formula is C19H29N. The van der Waals surface area contributed by atoms with Gasteiger partial charge < -0.3 is 5.32 Å². The summed E-state index contributed by atoms with van der Waals surface area (Å²) in [6.07, 6.45) is 10.9. The molecule has 1 nitrogen and oxygen atoms in total. The van der Waals surface area contributed by atoms with Crippen LogP contribution in [0.1, 0.15) is 46.5 Å². The van der Waals surface area contributed by atoms with Crippen molar-refractivity contribution >= 4 is 0 Å². The minimum absolute atomic E-state index is 0.611. The fourth-order valence-corrected chi connectivity index (χ4v) is 2.77. The Kier molecular flexibility index (Phi) is 6.57. The van der Waals surface area contributed by atoms with Crippen LogP contribution in [0.2, 0.25) is 0 Å². The van der Waals surface area contributed by atoms with Crippen molar-refractivity contribution in [3.8, 4) is 0 Å². The zero-order valence-corrected chi connectivity index (χ0v) is 13.6. The zero-order chi connectivity index (χ0) is 15.1. The molecule has 1 aliphatic rings. The van der Waals surface area contributed by atoms with Crippen LogP contribution >= 0.6 is 0 Å². The average Bonchev–Trinajstić information content (AvgIpc) is 2.42. The Labute approximate surface area is 124 Å². The van der Waals surface area contributed by atoms with Crippen molar-refractivity contribution in [3.63, 3.8) is 0 Å². The topological polar surface area (TPSA) is 12.0 Å². The number of rotatable bonds is 7. The lowest BCUT2D eigenvalue weighted by atomic mass is 9.80. The highest BCUT2D eigenvalue weighted by molar-refractivity contribution is 5.55. The highest BCUT2D eigenvalue weighted by Crippen LogP contribution is 2.36. The van der Waals surface area contributed by atoms with Gasteiger partial charge in [-0.25, -0.2) is 0 Å². The van der Waals surface area contributed by atoms with Gasteiger partial charge in [0.15, 0.2) is 0 Å². The SMILES string of the molecule is C=C(CC)C1=C(C)C=C(C(C)CC/C=C/NC)CC1=C. The Morgan fingerprint density at radius 2 is 2.20 bits per heavy atom. The maximum absolute atomic E-state index is 4.27. The maximum Gasteiger partial charge on any atom is 0.00276 e. The van der Waals surface area contributed by atoms with E-state index in [2.05, 4.69) is 51.4 Å². The fraction of sp³-hybridized carbons (Fsp3) is 0.474. The maximum atomic E-state index is 4.27. The summed E-state index contributed by atoms with van der Waals surface area (Å²) in [4.78, 5) is 0. The Morgan fingerprint density at radius 3 is 2.75 bits per heavy atom. The highest BCUT2D eigenvalue weighted by atomic mass is 14.8. The molecule has 1 unspecified atom stereocenters. The van der Waals surface area contributed by atoms with Gasteiger partial charge in [-0.1, -0.05) is 44.7 Å². The zero-order valence-electron chi connectivity index (χ0n) is 13.6. The molecule has 1 rings (SSSR count). The van der Waals surface area contributed by atoms with Gasteiger partial charge in [-0.15, -0.1) is 0 Å². The molecule has 0 saturated heterocycles. The third kappa shape index (κ3) is 4.26. The molecular weight excluding hydrogens is 242 g/mol. The van der Waals surface area contributed by atoms with Crippen molar-refractivity contribution in [3.05, 3.63) is 59.4 Å². The van der Waals surface area contributed by atoms with Crippen LogP contribution in [0, 0.1) is 5.92 Å². The van der Waals surface area contributed by atoms with E-state index in [-0.39, 0.29) is 0 Å². The molecule has 0 heterocycles. The molecule has 0 fully saturated rings. The quantitative estimate of drug-likeness (QED) is 0.662. The summed E-state index contributed by atoms with van der Waals surface area (Å²) in [5, 5.41) is 3.03. The van der Waals surface area contributed by atoms with Gasteiger partial charge >= 0.3 is 0 Å². The summed E-state index contributed by atoms with van der Waals surface area (Å²) in [5.74, 6) is 0.611. The van der Waals surface area contributed by atoms with Gasteiger partial charge in [0.05, 0.1) is 0 Å². The summed E-state index contributed by atoms with van der Waals surface area (Å²) in [6.45, 7) is 15.1. The molecule has 110 valence electrons. The molecule has 1 heteroatoms. The Balaban J connectivity index is 2.78. The van der Waals surface area contributed by atoms with Gasteiger partial charge in [0, 0.05) is 7.05 Å². The van der Waals surface area contributed by atoms with E-state index < -0.39 is 0 Å². The summed E-state index contributed by atoms with van der Waals surface area (Å²) >= 11 is 0. The van der Waals surface area contributed by atoms with E-state index in [1.165, 1.54) is 34.3 Å². The molecule has 1 aliphatic carbocycles. The number of hydrogen-bond donors (Lipinski definition) is 1. The third-order valence-electron chi connectivity index (χ3n) is 4.03. The van der Waals surface area contributed by atoms with Crippen molar-refractivity contribution in [2.45, 2.75) is 46.5 Å². The summed E-state index contributed by atoms with van der Waals surface area (Å²) < 4.78 is 0. The molecule has 0 saturated carbocycles. The summed E-state index contributed by atoms with van der Waals surface area (Å²) in [7, 11) is 1.93. The molecule has 1 atom stereocenters. The standard InChI is InChI=1S/C19H29N/c1-7-14(2)19-16(4)12-18(13-17(19)5)15(3)10-8-9-11-20-6/h9,11,13,15,20H,2,4,7-8,10,12H2,1,3,5-6H3/b11-9+. The average molecular weight is 271 g/mol. The second-order valence-electron chi connectivity index (χ2n) is 5.68. The predicted octanol–water partition coefficient (Wildman–Crippen LogP) is 5.30. The van der Waals surface area contributed by atoms with E-state index in [1.54, 1.807) is 0 Å². The Morgan fingerprint density at radius 1 is 1.50 bits per heavy atom. The van der Waals surface area contributed by atoms with E-state index >= 15 is 0 Å². The first-order valence-corrected chi connectivity index (χ1v) is 7.61. The van der Waals surface area contributed by atoms with E-state index in [4.69, 9.17) is 0 Å². The Hall–Kier alpha value is -1.50. The van der Waals surface area contributed by atoms with Crippen LogP contribution in [-0.4, -0.2) is 7.05 Å². The largest absolute Gasteiger partial charge is 0.394 e. The Bertz CT molecular complexity index is 460. The summed E-state index contributed by atoms with van der Waals surface area (Å²) in [6, 6.07) is 0. The van der Waals surface area contributed by atoms with E-state index in [9.17, 15) is 0 Å². The molecule has 0 aromatic heterocycles. The van der Waals surface area contributed by atoms with Crippen LogP contribution in [-0.2, 0) is 0 Å². The van der Waals surface area contributed by atoms with Crippen molar-refractivity contribution in [1.82, 2.24) is 5.32 Å². The molecule has 0 amide bonds. The van der Waals surface area contributed by atoms with Crippen molar-refractivity contribution in [2.24, 2.45) is 5.92 Å². The van der Waals surface area contributed by atoms with Gasteiger partial charge in [-0.2, -0.15) is 0 Å². The number of nitrogens with one attached hydrogen (secondary N) is 1. The van der Waals surface area contributed by atoms with Crippen molar-refractivity contribution in [2.75, 3.05) is 7.05 Å². The van der Waals surface area contributed by atoms with Gasteiger partial charge in [-0.3, -0.25) is 0 Å². The lowest BCUT2D eigenvalue weighted by Gasteiger charge is -2.25. The van der Waals surface area contributed by atoms with E-state index in [1.807, 2.05) is 13.2 Å². The molecule has 0 radical (unpaired) electrons. The predicted molar refractivity (Wildman–Crippen MR) is 90.6 cm³/mol. The lowest BCUT2D eigenvalue weighted by molar-refractivity contribution is 0.604. The van der Waals surface area contributed by atoms with Crippen molar-refractivity contribution in [1.29, 1.82) is 0 Å². The highest BCUT2D eigenvalue weighted by Gasteiger charge is 2.19. The molecule has 20 heavy (non-hydrogen) atoms. The van der Waals surface area contributed by atoms with Crippen LogP contribution in [0.5, 0.6) is 0 Å². The third-order valence-corrected chi connectivity index (χ3v) is 4.03. The normalized spacial score (nSPS) is 17.4. The van der Waals surface area contributed by atoms with Gasteiger partial charge in [0.2, 0.25) is 0 Å². The smallest absolute Gasteiger partial charge is 0.00276 e. The van der Waals surface area contributed by atoms with Crippen LogP contribution in [0.4, 0.5) is 0 Å². The van der Waals surface area contributed by atoms with E-state index in [0.717, 1.165) is 19.3 Å². The number of hydrogen-bond acceptors (Lipinski definition) is 1. The van der Waals surface area contributed by atoms with Crippen LogP contribution in [0.3, 0.4) is 0 Å². The van der Waals surface area contributed by atoms with Gasteiger partial charge in [-0.05, 0) is 67.0 Å². The molecule has 1 N–H and O–H groups in total. The van der Waals surface area contributed by atoms with Crippen LogP contribution in [0.15, 0.2) is 59.4 Å². The molecule has 0 aromatic carbocycles. The monoisotopic (exact) mass is 271 g/mol. The molecule has 0 spiro atoms. The molecule has 0 aromatic rings. The summed E-state index contributed by atoms with van der Waals surface area (Å²) in [5.41, 5.74) is 6.61. The minimum Gasteiger partial charge on any atom is -0.394 e. The minimum atomic E-state index is 0.611.